The van der Waals surface area contributed by atoms with Crippen LogP contribution in [0.25, 0.3) is 17.0 Å². The molecule has 0 unspecified atom stereocenters. The van der Waals surface area contributed by atoms with Gasteiger partial charge in [-0.2, -0.15) is 0 Å². The summed E-state index contributed by atoms with van der Waals surface area (Å²) in [5, 5.41) is 1.40. The Hall–Kier alpha value is -2.01. The Morgan fingerprint density at radius 3 is 2.88 bits per heavy atom. The second-order valence-corrected chi connectivity index (χ2v) is 4.17. The molecule has 2 aromatic rings. The van der Waals surface area contributed by atoms with Crippen LogP contribution in [0.2, 0.25) is 0 Å². The number of para-hydroxylation sites is 1. The molecule has 17 heavy (non-hydrogen) atoms. The quantitative estimate of drug-likeness (QED) is 0.493. The number of rotatable bonds is 3. The number of hydrazine groups is 1. The van der Waals surface area contributed by atoms with E-state index in [2.05, 4.69) is 21.9 Å². The van der Waals surface area contributed by atoms with Crippen molar-refractivity contribution in [3.05, 3.63) is 41.7 Å². The normalized spacial score (nSPS) is 11.5. The van der Waals surface area contributed by atoms with E-state index in [4.69, 9.17) is 18.0 Å². The summed E-state index contributed by atoms with van der Waals surface area (Å²) in [5.74, 6) is 0. The predicted molar refractivity (Wildman–Crippen MR) is 75.0 cm³/mol. The van der Waals surface area contributed by atoms with E-state index in [1.807, 2.05) is 37.4 Å². The maximum atomic E-state index is 5.33. The lowest BCUT2D eigenvalue weighted by Gasteiger charge is -2.07. The highest BCUT2D eigenvalue weighted by Crippen LogP contribution is 2.19. The van der Waals surface area contributed by atoms with Crippen LogP contribution in [0.5, 0.6) is 0 Å². The number of aromatic amines is 1. The number of H-pyrrole nitrogens is 1. The number of hydrogen-bond donors (Lipinski definition) is 4. The molecule has 0 bridgehead atoms. The zero-order valence-corrected chi connectivity index (χ0v) is 10.3. The molecular weight excluding hydrogens is 232 g/mol. The third-order valence-corrected chi connectivity index (χ3v) is 2.48. The summed E-state index contributed by atoms with van der Waals surface area (Å²) in [4.78, 5) is 3.22. The Balaban J connectivity index is 2.22. The van der Waals surface area contributed by atoms with Crippen molar-refractivity contribution in [3.63, 3.8) is 0 Å². The van der Waals surface area contributed by atoms with Gasteiger partial charge in [-0.05, 0) is 31.3 Å². The Morgan fingerprint density at radius 2 is 2.12 bits per heavy atom. The minimum atomic E-state index is 0.219. The summed E-state index contributed by atoms with van der Waals surface area (Å²) in [6, 6.07) is 8.14. The van der Waals surface area contributed by atoms with E-state index in [9.17, 15) is 0 Å². The fourth-order valence-electron chi connectivity index (χ4n) is 1.64. The molecule has 0 aliphatic heterocycles. The molecule has 0 fully saturated rings. The topological polar surface area (TPSA) is 65.9 Å². The number of allylic oxidation sites excluding steroid dienone is 1. The van der Waals surface area contributed by atoms with Crippen molar-refractivity contribution in [2.45, 2.75) is 6.92 Å². The summed E-state index contributed by atoms with van der Waals surface area (Å²) in [6.07, 6.45) is 3.99. The summed E-state index contributed by atoms with van der Waals surface area (Å²) in [6.45, 7) is 1.94. The third kappa shape index (κ3) is 2.76. The van der Waals surface area contributed by atoms with E-state index < -0.39 is 0 Å². The number of nitrogens with two attached hydrogens (primary N) is 1. The molecule has 4 nitrogen and oxygen atoms in total. The fraction of sp³-hybridized carbons (Fsp3) is 0.0833. The molecular formula is C12H14N4S. The lowest BCUT2D eigenvalue weighted by Crippen LogP contribution is -2.39. The van der Waals surface area contributed by atoms with Gasteiger partial charge in [0.2, 0.25) is 0 Å². The standard InChI is InChI=1S/C12H14N4S/c1-8(15-16-12(13)17)6-9-7-14-11-5-3-2-4-10(9)11/h2-7,14-15H,1H3,(H3,13,16,17)/b8-6+. The molecule has 1 heterocycles. The maximum Gasteiger partial charge on any atom is 0.182 e. The molecule has 0 spiro atoms. The average Bonchev–Trinajstić information content (AvgIpc) is 2.70. The molecule has 5 N–H and O–H groups in total. The van der Waals surface area contributed by atoms with E-state index in [0.717, 1.165) is 16.8 Å². The van der Waals surface area contributed by atoms with Gasteiger partial charge in [0.15, 0.2) is 5.11 Å². The Morgan fingerprint density at radius 1 is 1.35 bits per heavy atom. The molecule has 0 saturated heterocycles. The molecule has 88 valence electrons. The van der Waals surface area contributed by atoms with Crippen molar-refractivity contribution in [1.29, 1.82) is 0 Å². The lowest BCUT2D eigenvalue weighted by molar-refractivity contribution is 0.774. The van der Waals surface area contributed by atoms with E-state index in [1.165, 1.54) is 5.39 Å². The first kappa shape index (κ1) is 11.5. The number of aromatic nitrogens is 1. The van der Waals surface area contributed by atoms with Gasteiger partial charge in [0.05, 0.1) is 0 Å². The van der Waals surface area contributed by atoms with E-state index in [1.54, 1.807) is 0 Å². The summed E-state index contributed by atoms with van der Waals surface area (Å²) >= 11 is 4.71. The number of thiocarbonyl (C=S) groups is 1. The first-order valence-electron chi connectivity index (χ1n) is 5.22. The van der Waals surface area contributed by atoms with Crippen LogP contribution in [0.15, 0.2) is 36.2 Å². The smallest absolute Gasteiger partial charge is 0.182 e. The first-order valence-corrected chi connectivity index (χ1v) is 5.63. The molecule has 0 amide bonds. The minimum absolute atomic E-state index is 0.219. The van der Waals surface area contributed by atoms with Crippen molar-refractivity contribution in [2.24, 2.45) is 5.73 Å². The summed E-state index contributed by atoms with van der Waals surface area (Å²) in [7, 11) is 0. The van der Waals surface area contributed by atoms with Crippen molar-refractivity contribution in [3.8, 4) is 0 Å². The average molecular weight is 246 g/mol. The predicted octanol–water partition coefficient (Wildman–Crippen LogP) is 1.87. The highest BCUT2D eigenvalue weighted by molar-refractivity contribution is 7.80. The summed E-state index contributed by atoms with van der Waals surface area (Å²) < 4.78 is 0. The van der Waals surface area contributed by atoms with E-state index in [0.29, 0.717) is 0 Å². The van der Waals surface area contributed by atoms with Gasteiger partial charge in [-0.15, -0.1) is 0 Å². The Kier molecular flexibility index (Phi) is 3.30. The van der Waals surface area contributed by atoms with Crippen molar-refractivity contribution < 1.29 is 0 Å². The van der Waals surface area contributed by atoms with Gasteiger partial charge in [-0.1, -0.05) is 18.2 Å². The second-order valence-electron chi connectivity index (χ2n) is 3.73. The molecule has 5 heteroatoms. The molecule has 1 aromatic carbocycles. The highest BCUT2D eigenvalue weighted by atomic mass is 32.1. The number of hydrogen-bond acceptors (Lipinski definition) is 2. The number of fused-ring (bicyclic) bond motifs is 1. The van der Waals surface area contributed by atoms with Gasteiger partial charge in [-0.25, -0.2) is 0 Å². The van der Waals surface area contributed by atoms with Crippen LogP contribution in [0.1, 0.15) is 12.5 Å². The van der Waals surface area contributed by atoms with E-state index in [-0.39, 0.29) is 5.11 Å². The zero-order chi connectivity index (χ0) is 12.3. The van der Waals surface area contributed by atoms with Crippen LogP contribution in [0, 0.1) is 0 Å². The minimum Gasteiger partial charge on any atom is -0.375 e. The SMILES string of the molecule is C/C(=C\c1c[nH]c2ccccc12)NNC(N)=S. The van der Waals surface area contributed by atoms with Gasteiger partial charge in [0.25, 0.3) is 0 Å². The molecule has 0 aliphatic carbocycles. The van der Waals surface area contributed by atoms with Gasteiger partial charge < -0.3 is 16.1 Å². The third-order valence-electron chi connectivity index (χ3n) is 2.38. The van der Waals surface area contributed by atoms with Gasteiger partial charge >= 0.3 is 0 Å². The zero-order valence-electron chi connectivity index (χ0n) is 9.45. The number of nitrogens with one attached hydrogen (secondary N) is 3. The molecule has 0 aliphatic rings. The molecule has 0 saturated carbocycles. The molecule has 2 rings (SSSR count). The first-order chi connectivity index (χ1) is 8.16. The van der Waals surface area contributed by atoms with Gasteiger partial charge in [-0.3, -0.25) is 5.43 Å². The van der Waals surface area contributed by atoms with Crippen LogP contribution < -0.4 is 16.6 Å². The fourth-order valence-corrected chi connectivity index (χ4v) is 1.69. The molecule has 1 aromatic heterocycles. The van der Waals surface area contributed by atoms with Crippen molar-refractivity contribution >= 4 is 34.3 Å². The van der Waals surface area contributed by atoms with Crippen LogP contribution in [0.3, 0.4) is 0 Å². The van der Waals surface area contributed by atoms with Crippen LogP contribution >= 0.6 is 12.2 Å². The van der Waals surface area contributed by atoms with Crippen molar-refractivity contribution in [2.75, 3.05) is 0 Å². The van der Waals surface area contributed by atoms with Crippen LogP contribution in [0.4, 0.5) is 0 Å². The lowest BCUT2D eigenvalue weighted by atomic mass is 10.1. The largest absolute Gasteiger partial charge is 0.375 e. The van der Waals surface area contributed by atoms with Gasteiger partial charge in [0, 0.05) is 28.4 Å². The monoisotopic (exact) mass is 246 g/mol. The highest BCUT2D eigenvalue weighted by Gasteiger charge is 2.00. The summed E-state index contributed by atoms with van der Waals surface area (Å²) in [5.41, 5.74) is 14.1. The second kappa shape index (κ2) is 4.88. The van der Waals surface area contributed by atoms with E-state index >= 15 is 0 Å². The molecule has 0 radical (unpaired) electrons. The van der Waals surface area contributed by atoms with Gasteiger partial charge in [0.1, 0.15) is 0 Å². The number of benzene rings is 1. The molecule has 0 atom stereocenters. The Bertz CT molecular complexity index is 571. The van der Waals surface area contributed by atoms with Crippen molar-refractivity contribution in [1.82, 2.24) is 15.8 Å². The Labute approximate surface area is 105 Å². The van der Waals surface area contributed by atoms with Crippen LogP contribution in [-0.4, -0.2) is 10.1 Å². The maximum absolute atomic E-state index is 5.33. The van der Waals surface area contributed by atoms with Crippen LogP contribution in [-0.2, 0) is 0 Å².